The van der Waals surface area contributed by atoms with Crippen LogP contribution < -0.4 is 5.32 Å². The normalized spacial score (nSPS) is 23.3. The lowest BCUT2D eigenvalue weighted by Crippen LogP contribution is -2.35. The summed E-state index contributed by atoms with van der Waals surface area (Å²) in [5.41, 5.74) is 0. The molecule has 0 aromatic carbocycles. The summed E-state index contributed by atoms with van der Waals surface area (Å²) in [6, 6.07) is -0.738. The van der Waals surface area contributed by atoms with Gasteiger partial charge in [-0.3, -0.25) is 0 Å². The van der Waals surface area contributed by atoms with Crippen molar-refractivity contribution >= 4 is 12.0 Å². The van der Waals surface area contributed by atoms with Gasteiger partial charge in [-0.25, -0.2) is 9.59 Å². The van der Waals surface area contributed by atoms with Gasteiger partial charge in [0.1, 0.15) is 6.04 Å². The number of likely N-dealkylation sites (N-methyl/N-ethyl adjacent to an activating group) is 1. The molecule has 0 bridgehead atoms. The molecule has 1 aliphatic heterocycles. The summed E-state index contributed by atoms with van der Waals surface area (Å²) < 4.78 is 4.45. The quantitative estimate of drug-likeness (QED) is 0.507. The number of hydrogen-bond acceptors (Lipinski definition) is 3. The lowest BCUT2D eigenvalue weighted by molar-refractivity contribution is -0.142. The summed E-state index contributed by atoms with van der Waals surface area (Å²) in [6.07, 6.45) is 0. The van der Waals surface area contributed by atoms with Crippen molar-refractivity contribution in [3.05, 3.63) is 0 Å². The maximum atomic E-state index is 10.8. The monoisotopic (exact) mass is 158 g/mol. The van der Waals surface area contributed by atoms with Gasteiger partial charge in [-0.2, -0.15) is 0 Å². The Labute approximate surface area is 64.3 Å². The standard InChI is InChI=1S/C6H10N2O3/c1-8-3-4(5(9)11-2)7-6(8)10/h4H,3H2,1-2H3,(H,7,10)/t4-/m0/s1. The van der Waals surface area contributed by atoms with Crippen molar-refractivity contribution in [2.24, 2.45) is 0 Å². The Bertz CT molecular complexity index is 192. The first-order valence-corrected chi connectivity index (χ1v) is 3.24. The third-order valence-corrected chi connectivity index (χ3v) is 1.59. The predicted molar refractivity (Wildman–Crippen MR) is 37.0 cm³/mol. The van der Waals surface area contributed by atoms with Crippen LogP contribution in [0.5, 0.6) is 0 Å². The summed E-state index contributed by atoms with van der Waals surface area (Å²) >= 11 is 0. The fraction of sp³-hybridized carbons (Fsp3) is 0.667. The number of amides is 2. The van der Waals surface area contributed by atoms with E-state index in [0.29, 0.717) is 6.54 Å². The highest BCUT2D eigenvalue weighted by Gasteiger charge is 2.31. The number of carbonyl (C=O) groups is 2. The van der Waals surface area contributed by atoms with Crippen LogP contribution in [0.1, 0.15) is 0 Å². The van der Waals surface area contributed by atoms with E-state index in [1.165, 1.54) is 12.0 Å². The number of nitrogens with one attached hydrogen (secondary N) is 1. The Morgan fingerprint density at radius 1 is 1.82 bits per heavy atom. The molecule has 0 spiro atoms. The van der Waals surface area contributed by atoms with Gasteiger partial charge in [0, 0.05) is 7.05 Å². The molecule has 0 aromatic heterocycles. The highest BCUT2D eigenvalue weighted by Crippen LogP contribution is 2.01. The van der Waals surface area contributed by atoms with E-state index >= 15 is 0 Å². The predicted octanol–water partition coefficient (Wildman–Crippen LogP) is -0.817. The van der Waals surface area contributed by atoms with Crippen LogP contribution >= 0.6 is 0 Å². The second-order valence-corrected chi connectivity index (χ2v) is 2.41. The number of urea groups is 1. The van der Waals surface area contributed by atoms with Crippen molar-refractivity contribution in [2.75, 3.05) is 20.7 Å². The number of nitrogens with zero attached hydrogens (tertiary/aromatic N) is 1. The van der Waals surface area contributed by atoms with Crippen LogP contribution in [0, 0.1) is 0 Å². The molecule has 5 nitrogen and oxygen atoms in total. The first kappa shape index (κ1) is 7.84. The number of esters is 1. The molecule has 0 radical (unpaired) electrons. The van der Waals surface area contributed by atoms with Crippen LogP contribution in [0.4, 0.5) is 4.79 Å². The number of carbonyl (C=O) groups excluding carboxylic acids is 2. The van der Waals surface area contributed by atoms with Crippen molar-refractivity contribution in [2.45, 2.75) is 6.04 Å². The summed E-state index contributed by atoms with van der Waals surface area (Å²) in [5, 5.41) is 2.47. The highest BCUT2D eigenvalue weighted by molar-refractivity contribution is 5.87. The number of hydrogen-bond donors (Lipinski definition) is 1. The first-order chi connectivity index (χ1) is 5.15. The van der Waals surface area contributed by atoms with Crippen LogP contribution in [0.15, 0.2) is 0 Å². The Hall–Kier alpha value is -1.26. The van der Waals surface area contributed by atoms with Crippen molar-refractivity contribution in [3.63, 3.8) is 0 Å². The zero-order valence-corrected chi connectivity index (χ0v) is 6.46. The fourth-order valence-electron chi connectivity index (χ4n) is 0.937. The van der Waals surface area contributed by atoms with E-state index in [1.54, 1.807) is 7.05 Å². The van der Waals surface area contributed by atoms with Crippen molar-refractivity contribution in [1.29, 1.82) is 0 Å². The van der Waals surface area contributed by atoms with Crippen molar-refractivity contribution < 1.29 is 14.3 Å². The molecule has 1 saturated heterocycles. The maximum Gasteiger partial charge on any atom is 0.330 e. The van der Waals surface area contributed by atoms with Gasteiger partial charge >= 0.3 is 12.0 Å². The minimum atomic E-state index is -0.502. The highest BCUT2D eigenvalue weighted by atomic mass is 16.5. The second-order valence-electron chi connectivity index (χ2n) is 2.41. The van der Waals surface area contributed by atoms with Crippen LogP contribution in [0.25, 0.3) is 0 Å². The van der Waals surface area contributed by atoms with Crippen LogP contribution in [-0.2, 0) is 9.53 Å². The van der Waals surface area contributed by atoms with Gasteiger partial charge in [-0.05, 0) is 0 Å². The molecule has 1 rings (SSSR count). The van der Waals surface area contributed by atoms with Gasteiger partial charge < -0.3 is 15.0 Å². The van der Waals surface area contributed by atoms with Gasteiger partial charge in [-0.1, -0.05) is 0 Å². The molecule has 1 aliphatic rings. The van der Waals surface area contributed by atoms with Crippen molar-refractivity contribution in [3.8, 4) is 0 Å². The largest absolute Gasteiger partial charge is 0.467 e. The Balaban J connectivity index is 2.53. The lowest BCUT2D eigenvalue weighted by Gasteiger charge is -2.05. The van der Waals surface area contributed by atoms with E-state index in [9.17, 15) is 9.59 Å². The van der Waals surface area contributed by atoms with E-state index in [0.717, 1.165) is 0 Å². The minimum absolute atomic E-state index is 0.236. The fourth-order valence-corrected chi connectivity index (χ4v) is 0.937. The summed E-state index contributed by atoms with van der Waals surface area (Å²) in [4.78, 5) is 23.1. The molecule has 0 saturated carbocycles. The molecule has 0 unspecified atom stereocenters. The van der Waals surface area contributed by atoms with Gasteiger partial charge in [-0.15, -0.1) is 0 Å². The topological polar surface area (TPSA) is 58.6 Å². The molecule has 11 heavy (non-hydrogen) atoms. The van der Waals surface area contributed by atoms with E-state index in [2.05, 4.69) is 10.1 Å². The second kappa shape index (κ2) is 2.77. The van der Waals surface area contributed by atoms with E-state index in [-0.39, 0.29) is 6.03 Å². The average molecular weight is 158 g/mol. The third kappa shape index (κ3) is 1.42. The molecular formula is C6H10N2O3. The number of rotatable bonds is 1. The molecule has 0 aromatic rings. The molecule has 1 fully saturated rings. The van der Waals surface area contributed by atoms with Gasteiger partial charge in [0.25, 0.3) is 0 Å². The van der Waals surface area contributed by atoms with E-state index in [4.69, 9.17) is 0 Å². The zero-order valence-electron chi connectivity index (χ0n) is 6.46. The van der Waals surface area contributed by atoms with Gasteiger partial charge in [0.15, 0.2) is 0 Å². The van der Waals surface area contributed by atoms with Gasteiger partial charge in [0.2, 0.25) is 0 Å². The molecule has 2 amide bonds. The summed E-state index contributed by atoms with van der Waals surface area (Å²) in [5.74, 6) is -0.400. The van der Waals surface area contributed by atoms with Gasteiger partial charge in [0.05, 0.1) is 13.7 Å². The van der Waals surface area contributed by atoms with E-state index < -0.39 is 12.0 Å². The van der Waals surface area contributed by atoms with Crippen LogP contribution in [-0.4, -0.2) is 43.6 Å². The van der Waals surface area contributed by atoms with Crippen LogP contribution in [0.2, 0.25) is 0 Å². The first-order valence-electron chi connectivity index (χ1n) is 3.24. The zero-order chi connectivity index (χ0) is 8.43. The molecule has 62 valence electrons. The maximum absolute atomic E-state index is 10.8. The lowest BCUT2D eigenvalue weighted by atomic mass is 10.3. The van der Waals surface area contributed by atoms with Crippen molar-refractivity contribution in [1.82, 2.24) is 10.2 Å². The Kier molecular flexibility index (Phi) is 1.98. The molecule has 5 heteroatoms. The SMILES string of the molecule is COC(=O)[C@@H]1CN(C)C(=O)N1. The smallest absolute Gasteiger partial charge is 0.330 e. The van der Waals surface area contributed by atoms with Crippen LogP contribution in [0.3, 0.4) is 0 Å². The molecule has 1 N–H and O–H groups in total. The minimum Gasteiger partial charge on any atom is -0.467 e. The summed E-state index contributed by atoms with van der Waals surface area (Å²) in [6.45, 7) is 0.380. The molecule has 1 heterocycles. The molecular weight excluding hydrogens is 148 g/mol. The summed E-state index contributed by atoms with van der Waals surface area (Å²) in [7, 11) is 2.92. The molecule has 0 aliphatic carbocycles. The van der Waals surface area contributed by atoms with E-state index in [1.807, 2.05) is 0 Å². The Morgan fingerprint density at radius 3 is 2.82 bits per heavy atom. The third-order valence-electron chi connectivity index (χ3n) is 1.59. The average Bonchev–Trinajstić information content (AvgIpc) is 2.31. The number of ether oxygens (including phenoxy) is 1. The number of methoxy groups -OCH3 is 1. The Morgan fingerprint density at radius 2 is 2.45 bits per heavy atom. The molecule has 1 atom stereocenters.